The van der Waals surface area contributed by atoms with Crippen molar-refractivity contribution in [3.8, 4) is 5.75 Å². The lowest BCUT2D eigenvalue weighted by Crippen LogP contribution is -2.35. The molecule has 0 radical (unpaired) electrons. The lowest BCUT2D eigenvalue weighted by Gasteiger charge is -2.21. The van der Waals surface area contributed by atoms with Gasteiger partial charge in [-0.05, 0) is 54.9 Å². The molecule has 3 rings (SSSR count). The SMILES string of the molecule is CC(C)(C)OC(=O)N[C@H]1COc2cc(Nc3nc(Br)ccc3N)ccc21. The van der Waals surface area contributed by atoms with Crippen LogP contribution in [0.2, 0.25) is 0 Å². The van der Waals surface area contributed by atoms with E-state index in [0.717, 1.165) is 11.3 Å². The molecule has 2 heterocycles. The minimum Gasteiger partial charge on any atom is -0.491 e. The molecule has 138 valence electrons. The Balaban J connectivity index is 1.72. The van der Waals surface area contributed by atoms with Gasteiger partial charge in [0.05, 0.1) is 11.7 Å². The quantitative estimate of drug-likeness (QED) is 0.645. The molecule has 1 atom stereocenters. The van der Waals surface area contributed by atoms with E-state index in [9.17, 15) is 4.79 Å². The van der Waals surface area contributed by atoms with Crippen molar-refractivity contribution in [2.45, 2.75) is 32.4 Å². The molecule has 0 bridgehead atoms. The molecule has 2 aromatic rings. The molecule has 1 aliphatic rings. The summed E-state index contributed by atoms with van der Waals surface area (Å²) in [5.74, 6) is 1.25. The Morgan fingerprint density at radius 3 is 2.85 bits per heavy atom. The molecule has 4 N–H and O–H groups in total. The fourth-order valence-corrected chi connectivity index (χ4v) is 2.85. The first-order valence-corrected chi connectivity index (χ1v) is 8.96. The average molecular weight is 421 g/mol. The second kappa shape index (κ2) is 7.03. The van der Waals surface area contributed by atoms with Gasteiger partial charge in [-0.25, -0.2) is 9.78 Å². The van der Waals surface area contributed by atoms with Crippen LogP contribution in [0.15, 0.2) is 34.9 Å². The number of nitrogens with one attached hydrogen (secondary N) is 2. The number of alkyl carbamates (subject to hydrolysis) is 1. The van der Waals surface area contributed by atoms with Gasteiger partial charge in [0.2, 0.25) is 0 Å². The summed E-state index contributed by atoms with van der Waals surface area (Å²) in [7, 11) is 0. The maximum atomic E-state index is 12.0. The van der Waals surface area contributed by atoms with Crippen molar-refractivity contribution in [3.05, 3.63) is 40.5 Å². The maximum absolute atomic E-state index is 12.0. The number of pyridine rings is 1. The third-order valence-corrected chi connectivity index (χ3v) is 4.08. The highest BCUT2D eigenvalue weighted by molar-refractivity contribution is 9.10. The number of nitrogens with zero attached hydrogens (tertiary/aromatic N) is 1. The Morgan fingerprint density at radius 2 is 2.12 bits per heavy atom. The summed E-state index contributed by atoms with van der Waals surface area (Å²) in [6.45, 7) is 5.83. The van der Waals surface area contributed by atoms with Crippen LogP contribution in [0.25, 0.3) is 0 Å². The summed E-state index contributed by atoms with van der Waals surface area (Å²) in [5, 5.41) is 6.00. The lowest BCUT2D eigenvalue weighted by molar-refractivity contribution is 0.0497. The van der Waals surface area contributed by atoms with E-state index in [2.05, 4.69) is 31.5 Å². The summed E-state index contributed by atoms with van der Waals surface area (Å²) in [5.41, 5.74) is 7.63. The molecule has 0 fully saturated rings. The Hall–Kier alpha value is -2.48. The van der Waals surface area contributed by atoms with Gasteiger partial charge in [0.15, 0.2) is 5.82 Å². The molecule has 8 heteroatoms. The van der Waals surface area contributed by atoms with Gasteiger partial charge in [-0.2, -0.15) is 0 Å². The van der Waals surface area contributed by atoms with E-state index >= 15 is 0 Å². The monoisotopic (exact) mass is 420 g/mol. The average Bonchev–Trinajstić information content (AvgIpc) is 2.91. The molecule has 1 aromatic heterocycles. The van der Waals surface area contributed by atoms with Crippen LogP contribution in [-0.4, -0.2) is 23.3 Å². The first kappa shape index (κ1) is 18.3. The van der Waals surface area contributed by atoms with Crippen molar-refractivity contribution < 1.29 is 14.3 Å². The number of amides is 1. The van der Waals surface area contributed by atoms with Crippen molar-refractivity contribution in [2.75, 3.05) is 17.7 Å². The number of hydrogen-bond acceptors (Lipinski definition) is 6. The van der Waals surface area contributed by atoms with E-state index in [1.54, 1.807) is 12.1 Å². The van der Waals surface area contributed by atoms with Gasteiger partial charge < -0.3 is 25.8 Å². The molecule has 1 aromatic carbocycles. The van der Waals surface area contributed by atoms with Gasteiger partial charge in [0.25, 0.3) is 0 Å². The molecule has 0 aliphatic carbocycles. The molecule has 1 amide bonds. The summed E-state index contributed by atoms with van der Waals surface area (Å²) >= 11 is 3.33. The third kappa shape index (κ3) is 4.37. The number of carbonyl (C=O) groups is 1. The van der Waals surface area contributed by atoms with E-state index in [1.807, 2.05) is 39.0 Å². The van der Waals surface area contributed by atoms with E-state index in [0.29, 0.717) is 28.5 Å². The normalized spacial score (nSPS) is 15.8. The van der Waals surface area contributed by atoms with Crippen LogP contribution in [0.4, 0.5) is 22.0 Å². The van der Waals surface area contributed by atoms with Crippen LogP contribution in [0.1, 0.15) is 32.4 Å². The predicted octanol–water partition coefficient (Wildman–Crippen LogP) is 4.13. The Morgan fingerprint density at radius 1 is 1.35 bits per heavy atom. The molecule has 1 aliphatic heterocycles. The molecule has 7 nitrogen and oxygen atoms in total. The number of ether oxygens (including phenoxy) is 2. The summed E-state index contributed by atoms with van der Waals surface area (Å²) in [6.07, 6.45) is -0.465. The number of rotatable bonds is 3. The van der Waals surface area contributed by atoms with E-state index in [-0.39, 0.29) is 6.04 Å². The zero-order valence-electron chi connectivity index (χ0n) is 14.8. The van der Waals surface area contributed by atoms with Crippen LogP contribution >= 0.6 is 15.9 Å². The van der Waals surface area contributed by atoms with Crippen molar-refractivity contribution >= 4 is 39.2 Å². The largest absolute Gasteiger partial charge is 0.491 e. The molecule has 0 saturated carbocycles. The van der Waals surface area contributed by atoms with Gasteiger partial charge in [0, 0.05) is 17.3 Å². The Bertz CT molecular complexity index is 836. The zero-order chi connectivity index (χ0) is 18.9. The summed E-state index contributed by atoms with van der Waals surface area (Å²) in [6, 6.07) is 8.94. The molecule has 26 heavy (non-hydrogen) atoms. The minimum absolute atomic E-state index is 0.247. The number of nitrogens with two attached hydrogens (primary N) is 1. The minimum atomic E-state index is -0.545. The second-order valence-corrected chi connectivity index (χ2v) is 7.77. The van der Waals surface area contributed by atoms with Gasteiger partial charge in [-0.3, -0.25) is 0 Å². The van der Waals surface area contributed by atoms with Gasteiger partial charge in [0.1, 0.15) is 22.6 Å². The van der Waals surface area contributed by atoms with E-state index < -0.39 is 11.7 Å². The van der Waals surface area contributed by atoms with Crippen molar-refractivity contribution in [1.82, 2.24) is 10.3 Å². The summed E-state index contributed by atoms with van der Waals surface area (Å²) < 4.78 is 11.7. The molecule has 0 saturated heterocycles. The fourth-order valence-electron chi connectivity index (χ4n) is 2.54. The van der Waals surface area contributed by atoms with Crippen molar-refractivity contribution in [2.24, 2.45) is 0 Å². The molecular formula is C18H21BrN4O3. The number of nitrogen functional groups attached to an aromatic ring is 1. The molecule has 0 unspecified atom stereocenters. The van der Waals surface area contributed by atoms with E-state index in [4.69, 9.17) is 15.2 Å². The highest BCUT2D eigenvalue weighted by Crippen LogP contribution is 2.36. The zero-order valence-corrected chi connectivity index (χ0v) is 16.4. The van der Waals surface area contributed by atoms with Crippen LogP contribution in [0.3, 0.4) is 0 Å². The number of anilines is 3. The number of fused-ring (bicyclic) bond motifs is 1. The highest BCUT2D eigenvalue weighted by atomic mass is 79.9. The number of benzene rings is 1. The fraction of sp³-hybridized carbons (Fsp3) is 0.333. The summed E-state index contributed by atoms with van der Waals surface area (Å²) in [4.78, 5) is 16.3. The predicted molar refractivity (Wildman–Crippen MR) is 104 cm³/mol. The molecular weight excluding hydrogens is 400 g/mol. The van der Waals surface area contributed by atoms with Gasteiger partial charge in [-0.15, -0.1) is 0 Å². The van der Waals surface area contributed by atoms with E-state index in [1.165, 1.54) is 0 Å². The standard InChI is InChI=1S/C18H21BrN4O3/c1-18(2,3)26-17(24)22-13-9-25-14-8-10(4-5-11(13)14)21-16-12(20)6-7-15(19)23-16/h4-8,13H,9,20H2,1-3H3,(H,21,23)(H,22,24)/t13-/m0/s1. The van der Waals surface area contributed by atoms with Gasteiger partial charge >= 0.3 is 6.09 Å². The van der Waals surface area contributed by atoms with Crippen LogP contribution in [0.5, 0.6) is 5.75 Å². The number of aromatic nitrogens is 1. The maximum Gasteiger partial charge on any atom is 0.408 e. The molecule has 0 spiro atoms. The third-order valence-electron chi connectivity index (χ3n) is 3.64. The Labute approximate surface area is 160 Å². The van der Waals surface area contributed by atoms with Crippen LogP contribution < -0.4 is 21.1 Å². The highest BCUT2D eigenvalue weighted by Gasteiger charge is 2.28. The van der Waals surface area contributed by atoms with Crippen LogP contribution in [0, 0.1) is 0 Å². The first-order chi connectivity index (χ1) is 12.2. The smallest absolute Gasteiger partial charge is 0.408 e. The lowest BCUT2D eigenvalue weighted by atomic mass is 10.1. The second-order valence-electron chi connectivity index (χ2n) is 6.96. The van der Waals surface area contributed by atoms with Crippen molar-refractivity contribution in [1.29, 1.82) is 0 Å². The van der Waals surface area contributed by atoms with Crippen LogP contribution in [-0.2, 0) is 4.74 Å². The number of hydrogen-bond donors (Lipinski definition) is 3. The number of halogens is 1. The Kier molecular flexibility index (Phi) is 4.95. The van der Waals surface area contributed by atoms with Crippen molar-refractivity contribution in [3.63, 3.8) is 0 Å². The topological polar surface area (TPSA) is 98.5 Å². The number of carbonyl (C=O) groups excluding carboxylic acids is 1. The first-order valence-electron chi connectivity index (χ1n) is 8.16. The van der Waals surface area contributed by atoms with Gasteiger partial charge in [-0.1, -0.05) is 6.07 Å².